The fourth-order valence-electron chi connectivity index (χ4n) is 1.08. The standard InChI is InChI=1S/C9H10Cl2O3S/c1-15(13,14)9(11)8(12)6-3-2-4-7(10)5-6/h2-5,8-9,12H,1H3/t8-,9-/m1/s1. The number of hydrogen-bond acceptors (Lipinski definition) is 3. The van der Waals surface area contributed by atoms with Crippen molar-refractivity contribution in [2.24, 2.45) is 0 Å². The van der Waals surface area contributed by atoms with Gasteiger partial charge in [-0.2, -0.15) is 0 Å². The van der Waals surface area contributed by atoms with E-state index in [-0.39, 0.29) is 0 Å². The monoisotopic (exact) mass is 268 g/mol. The van der Waals surface area contributed by atoms with Crippen LogP contribution in [-0.4, -0.2) is 24.5 Å². The Hall–Kier alpha value is -0.290. The lowest BCUT2D eigenvalue weighted by atomic mass is 10.1. The van der Waals surface area contributed by atoms with Gasteiger partial charge < -0.3 is 5.11 Å². The second kappa shape index (κ2) is 4.70. The molecule has 1 aromatic carbocycles. The Morgan fingerprint density at radius 3 is 2.47 bits per heavy atom. The largest absolute Gasteiger partial charge is 0.386 e. The van der Waals surface area contributed by atoms with Crippen LogP contribution in [0.15, 0.2) is 24.3 Å². The molecule has 0 aliphatic carbocycles. The smallest absolute Gasteiger partial charge is 0.167 e. The lowest BCUT2D eigenvalue weighted by molar-refractivity contribution is 0.192. The summed E-state index contributed by atoms with van der Waals surface area (Å²) >= 11 is 11.3. The number of benzene rings is 1. The molecule has 3 nitrogen and oxygen atoms in total. The molecule has 0 spiro atoms. The van der Waals surface area contributed by atoms with Gasteiger partial charge in [-0.25, -0.2) is 8.42 Å². The highest BCUT2D eigenvalue weighted by Gasteiger charge is 2.27. The van der Waals surface area contributed by atoms with Gasteiger partial charge in [-0.15, -0.1) is 11.6 Å². The van der Waals surface area contributed by atoms with Crippen LogP contribution in [-0.2, 0) is 9.84 Å². The van der Waals surface area contributed by atoms with Crippen LogP contribution in [0.2, 0.25) is 5.02 Å². The molecule has 0 fully saturated rings. The van der Waals surface area contributed by atoms with Crippen molar-refractivity contribution in [3.05, 3.63) is 34.9 Å². The van der Waals surface area contributed by atoms with Crippen LogP contribution in [0.1, 0.15) is 11.7 Å². The summed E-state index contributed by atoms with van der Waals surface area (Å²) in [6.07, 6.45) is -0.307. The highest BCUT2D eigenvalue weighted by atomic mass is 35.5. The van der Waals surface area contributed by atoms with E-state index in [0.717, 1.165) is 6.26 Å². The van der Waals surface area contributed by atoms with Crippen molar-refractivity contribution in [2.45, 2.75) is 10.8 Å². The van der Waals surface area contributed by atoms with E-state index in [9.17, 15) is 13.5 Å². The minimum atomic E-state index is -3.49. The Labute approximate surface area is 98.6 Å². The van der Waals surface area contributed by atoms with Crippen LogP contribution < -0.4 is 0 Å². The van der Waals surface area contributed by atoms with Gasteiger partial charge in [0.2, 0.25) is 0 Å². The normalized spacial score (nSPS) is 16.0. The maximum atomic E-state index is 11.1. The lowest BCUT2D eigenvalue weighted by Gasteiger charge is -2.15. The molecule has 0 unspecified atom stereocenters. The predicted octanol–water partition coefficient (Wildman–Crippen LogP) is 1.98. The fraction of sp³-hybridized carbons (Fsp3) is 0.333. The Balaban J connectivity index is 3.00. The number of sulfone groups is 1. The van der Waals surface area contributed by atoms with Crippen LogP contribution >= 0.6 is 23.2 Å². The van der Waals surface area contributed by atoms with Crippen LogP contribution in [0, 0.1) is 0 Å². The highest BCUT2D eigenvalue weighted by molar-refractivity contribution is 7.92. The molecule has 1 aromatic rings. The van der Waals surface area contributed by atoms with E-state index >= 15 is 0 Å². The van der Waals surface area contributed by atoms with Gasteiger partial charge in [-0.1, -0.05) is 23.7 Å². The lowest BCUT2D eigenvalue weighted by Crippen LogP contribution is -2.21. The van der Waals surface area contributed by atoms with Crippen molar-refractivity contribution >= 4 is 33.0 Å². The molecule has 0 radical (unpaired) electrons. The third-order valence-electron chi connectivity index (χ3n) is 1.85. The fourth-order valence-corrected chi connectivity index (χ4v) is 2.05. The van der Waals surface area contributed by atoms with Gasteiger partial charge in [0.15, 0.2) is 14.5 Å². The quantitative estimate of drug-likeness (QED) is 0.854. The number of halogens is 2. The molecule has 84 valence electrons. The Morgan fingerprint density at radius 2 is 2.00 bits per heavy atom. The molecular weight excluding hydrogens is 259 g/mol. The first-order chi connectivity index (χ1) is 6.82. The van der Waals surface area contributed by atoms with Crippen LogP contribution in [0.5, 0.6) is 0 Å². The Morgan fingerprint density at radius 1 is 1.40 bits per heavy atom. The van der Waals surface area contributed by atoms with E-state index in [1.54, 1.807) is 18.2 Å². The summed E-state index contributed by atoms with van der Waals surface area (Å²) in [4.78, 5) is 0. The number of hydrogen-bond donors (Lipinski definition) is 1. The molecule has 0 heterocycles. The summed E-state index contributed by atoms with van der Waals surface area (Å²) in [5.41, 5.74) is 0.382. The Bertz CT molecular complexity index is 444. The van der Waals surface area contributed by atoms with Crippen molar-refractivity contribution < 1.29 is 13.5 Å². The van der Waals surface area contributed by atoms with E-state index < -0.39 is 20.7 Å². The average molecular weight is 269 g/mol. The summed E-state index contributed by atoms with van der Waals surface area (Å²) in [5.74, 6) is 0. The van der Waals surface area contributed by atoms with Gasteiger partial charge in [-0.05, 0) is 17.7 Å². The van der Waals surface area contributed by atoms with Crippen molar-refractivity contribution in [2.75, 3.05) is 6.26 Å². The third kappa shape index (κ3) is 3.34. The number of aliphatic hydroxyl groups excluding tert-OH is 1. The topological polar surface area (TPSA) is 54.4 Å². The van der Waals surface area contributed by atoms with Crippen molar-refractivity contribution in [1.82, 2.24) is 0 Å². The van der Waals surface area contributed by atoms with E-state index in [2.05, 4.69) is 0 Å². The van der Waals surface area contributed by atoms with E-state index in [4.69, 9.17) is 23.2 Å². The number of aliphatic hydroxyl groups is 1. The van der Waals surface area contributed by atoms with Gasteiger partial charge in [0, 0.05) is 11.3 Å². The molecule has 2 atom stereocenters. The average Bonchev–Trinajstić information content (AvgIpc) is 2.14. The summed E-state index contributed by atoms with van der Waals surface area (Å²) < 4.78 is 20.8. The molecule has 1 N–H and O–H groups in total. The van der Waals surface area contributed by atoms with Gasteiger partial charge in [0.1, 0.15) is 6.10 Å². The molecule has 0 bridgehead atoms. The first kappa shape index (κ1) is 12.8. The second-order valence-corrected chi connectivity index (χ2v) is 6.51. The third-order valence-corrected chi connectivity index (χ3v) is 4.37. The molecule has 0 aliphatic rings. The van der Waals surface area contributed by atoms with Gasteiger partial charge in [-0.3, -0.25) is 0 Å². The van der Waals surface area contributed by atoms with E-state index in [0.29, 0.717) is 10.6 Å². The zero-order chi connectivity index (χ0) is 11.6. The molecule has 0 aromatic heterocycles. The van der Waals surface area contributed by atoms with Crippen molar-refractivity contribution in [1.29, 1.82) is 0 Å². The first-order valence-corrected chi connectivity index (χ1v) is 6.86. The van der Waals surface area contributed by atoms with E-state index in [1.807, 2.05) is 0 Å². The molecule has 0 saturated carbocycles. The predicted molar refractivity (Wildman–Crippen MR) is 60.9 cm³/mol. The maximum absolute atomic E-state index is 11.1. The highest BCUT2D eigenvalue weighted by Crippen LogP contribution is 2.26. The van der Waals surface area contributed by atoms with Crippen molar-refractivity contribution in [3.63, 3.8) is 0 Å². The van der Waals surface area contributed by atoms with Crippen LogP contribution in [0.3, 0.4) is 0 Å². The number of alkyl halides is 1. The second-order valence-electron chi connectivity index (χ2n) is 3.18. The maximum Gasteiger partial charge on any atom is 0.167 e. The molecule has 1 rings (SSSR count). The molecular formula is C9H10Cl2O3S. The molecule has 0 amide bonds. The zero-order valence-electron chi connectivity index (χ0n) is 7.89. The molecule has 0 aliphatic heterocycles. The number of rotatable bonds is 3. The Kier molecular flexibility index (Phi) is 4.00. The summed E-state index contributed by atoms with van der Waals surface area (Å²) in [5, 5.41) is 10.1. The van der Waals surface area contributed by atoms with Crippen LogP contribution in [0.25, 0.3) is 0 Å². The SMILES string of the molecule is CS(=O)(=O)[C@@H](Cl)[C@H](O)c1cccc(Cl)c1. The van der Waals surface area contributed by atoms with Crippen molar-refractivity contribution in [3.8, 4) is 0 Å². The minimum absolute atomic E-state index is 0.382. The first-order valence-electron chi connectivity index (χ1n) is 4.09. The van der Waals surface area contributed by atoms with E-state index in [1.165, 1.54) is 6.07 Å². The van der Waals surface area contributed by atoms with Gasteiger partial charge >= 0.3 is 0 Å². The zero-order valence-corrected chi connectivity index (χ0v) is 10.2. The minimum Gasteiger partial charge on any atom is -0.386 e. The molecule has 0 saturated heterocycles. The summed E-state index contributed by atoms with van der Waals surface area (Å²) in [6, 6.07) is 6.29. The molecule has 15 heavy (non-hydrogen) atoms. The van der Waals surface area contributed by atoms with Gasteiger partial charge in [0.05, 0.1) is 0 Å². The van der Waals surface area contributed by atoms with Gasteiger partial charge in [0.25, 0.3) is 0 Å². The summed E-state index contributed by atoms with van der Waals surface area (Å²) in [7, 11) is -3.49. The molecule has 6 heteroatoms. The summed E-state index contributed by atoms with van der Waals surface area (Å²) in [6.45, 7) is 0. The van der Waals surface area contributed by atoms with Crippen LogP contribution in [0.4, 0.5) is 0 Å².